The number of hydrogen-bond acceptors (Lipinski definition) is 3. The quantitative estimate of drug-likeness (QED) is 0.814. The van der Waals surface area contributed by atoms with Crippen molar-refractivity contribution in [1.29, 1.82) is 0 Å². The van der Waals surface area contributed by atoms with Gasteiger partial charge in [-0.3, -0.25) is 0 Å². The van der Waals surface area contributed by atoms with E-state index in [9.17, 15) is 0 Å². The Morgan fingerprint density at radius 2 is 2.10 bits per heavy atom. The van der Waals surface area contributed by atoms with Crippen molar-refractivity contribution in [3.8, 4) is 5.75 Å². The Labute approximate surface area is 131 Å². The van der Waals surface area contributed by atoms with Crippen LogP contribution in [0.2, 0.25) is 5.02 Å². The molecule has 1 N–H and O–H groups in total. The largest absolute Gasteiger partial charge is 0.492 e. The Bertz CT molecular complexity index is 539. The summed E-state index contributed by atoms with van der Waals surface area (Å²) in [5, 5.41) is 4.23. The minimum atomic E-state index is 0.238. The van der Waals surface area contributed by atoms with Crippen molar-refractivity contribution < 1.29 is 4.74 Å². The van der Waals surface area contributed by atoms with Crippen LogP contribution in [0.5, 0.6) is 5.75 Å². The summed E-state index contributed by atoms with van der Waals surface area (Å²) < 4.78 is 7.90. The summed E-state index contributed by atoms with van der Waals surface area (Å²) in [6.45, 7) is 3.73. The second kappa shape index (κ2) is 8.05. The van der Waals surface area contributed by atoms with E-state index in [2.05, 4.69) is 17.2 Å². The second-order valence-corrected chi connectivity index (χ2v) is 5.51. The van der Waals surface area contributed by atoms with Crippen LogP contribution in [0.25, 0.3) is 0 Å². The van der Waals surface area contributed by atoms with E-state index in [1.165, 1.54) is 0 Å². The van der Waals surface area contributed by atoms with E-state index in [1.54, 1.807) is 0 Å². The summed E-state index contributed by atoms with van der Waals surface area (Å²) in [4.78, 5) is 4.38. The van der Waals surface area contributed by atoms with Gasteiger partial charge in [0.15, 0.2) is 0 Å². The van der Waals surface area contributed by atoms with Crippen LogP contribution in [0.4, 0.5) is 0 Å². The molecule has 0 aliphatic heterocycles. The van der Waals surface area contributed by atoms with Gasteiger partial charge in [-0.25, -0.2) is 4.98 Å². The third-order valence-corrected chi connectivity index (χ3v) is 3.55. The third-order valence-electron chi connectivity index (χ3n) is 3.30. The van der Waals surface area contributed by atoms with E-state index in [0.29, 0.717) is 6.61 Å². The number of aromatic nitrogens is 2. The van der Waals surface area contributed by atoms with E-state index in [1.807, 2.05) is 48.3 Å². The van der Waals surface area contributed by atoms with E-state index in [4.69, 9.17) is 16.3 Å². The average molecular weight is 308 g/mol. The van der Waals surface area contributed by atoms with Gasteiger partial charge in [0.25, 0.3) is 0 Å². The molecule has 1 heterocycles. The van der Waals surface area contributed by atoms with E-state index in [0.717, 1.165) is 36.0 Å². The first-order chi connectivity index (χ1) is 10.2. The Morgan fingerprint density at radius 1 is 1.33 bits per heavy atom. The fourth-order valence-electron chi connectivity index (χ4n) is 2.08. The van der Waals surface area contributed by atoms with Crippen LogP contribution < -0.4 is 10.1 Å². The number of nitrogens with zero attached hydrogens (tertiary/aromatic N) is 2. The SMILES string of the molecule is CCCNC(COc1ccc(Cl)cc1)Cc1nccn1C. The van der Waals surface area contributed by atoms with Gasteiger partial charge in [0.05, 0.1) is 0 Å². The lowest BCUT2D eigenvalue weighted by Gasteiger charge is -2.19. The molecule has 2 rings (SSSR count). The van der Waals surface area contributed by atoms with Crippen LogP contribution in [-0.2, 0) is 13.5 Å². The Hall–Kier alpha value is -1.52. The highest BCUT2D eigenvalue weighted by Gasteiger charge is 2.12. The number of rotatable bonds is 8. The molecule has 21 heavy (non-hydrogen) atoms. The van der Waals surface area contributed by atoms with Crippen molar-refractivity contribution >= 4 is 11.6 Å². The lowest BCUT2D eigenvalue weighted by Crippen LogP contribution is -2.37. The number of halogens is 1. The summed E-state index contributed by atoms with van der Waals surface area (Å²) >= 11 is 5.88. The fraction of sp³-hybridized carbons (Fsp3) is 0.438. The van der Waals surface area contributed by atoms with Gasteiger partial charge in [-0.2, -0.15) is 0 Å². The molecule has 2 aromatic rings. The normalized spacial score (nSPS) is 12.3. The highest BCUT2D eigenvalue weighted by atomic mass is 35.5. The maximum absolute atomic E-state index is 5.88. The number of ether oxygens (including phenoxy) is 1. The second-order valence-electron chi connectivity index (χ2n) is 5.07. The zero-order valence-electron chi connectivity index (χ0n) is 12.6. The molecule has 0 amide bonds. The van der Waals surface area contributed by atoms with Crippen LogP contribution >= 0.6 is 11.6 Å². The maximum Gasteiger partial charge on any atom is 0.119 e. The highest BCUT2D eigenvalue weighted by molar-refractivity contribution is 6.30. The molecule has 1 atom stereocenters. The molecule has 4 nitrogen and oxygen atoms in total. The molecular weight excluding hydrogens is 286 g/mol. The monoisotopic (exact) mass is 307 g/mol. The summed E-state index contributed by atoms with van der Waals surface area (Å²) in [5.74, 6) is 1.89. The first-order valence-electron chi connectivity index (χ1n) is 7.27. The molecule has 0 aliphatic rings. The zero-order valence-corrected chi connectivity index (χ0v) is 13.3. The Kier molecular flexibility index (Phi) is 6.08. The first-order valence-corrected chi connectivity index (χ1v) is 7.64. The number of benzene rings is 1. The first kappa shape index (κ1) is 15.9. The smallest absolute Gasteiger partial charge is 0.119 e. The van der Waals surface area contributed by atoms with Crippen LogP contribution in [0, 0.1) is 0 Å². The van der Waals surface area contributed by atoms with Gasteiger partial charge >= 0.3 is 0 Å². The Morgan fingerprint density at radius 3 is 2.71 bits per heavy atom. The molecule has 114 valence electrons. The summed E-state index contributed by atoms with van der Waals surface area (Å²) in [7, 11) is 2.01. The van der Waals surface area contributed by atoms with Crippen molar-refractivity contribution in [1.82, 2.24) is 14.9 Å². The average Bonchev–Trinajstić information content (AvgIpc) is 2.89. The molecule has 1 aromatic heterocycles. The molecular formula is C16H22ClN3O. The zero-order chi connectivity index (χ0) is 15.1. The van der Waals surface area contributed by atoms with Crippen molar-refractivity contribution in [2.45, 2.75) is 25.8 Å². The molecule has 1 unspecified atom stereocenters. The summed E-state index contributed by atoms with van der Waals surface area (Å²) in [5.41, 5.74) is 0. The Balaban J connectivity index is 1.92. The predicted octanol–water partition coefficient (Wildman–Crippen LogP) is 3.06. The molecule has 5 heteroatoms. The lowest BCUT2D eigenvalue weighted by atomic mass is 10.2. The molecule has 0 saturated carbocycles. The van der Waals surface area contributed by atoms with Gasteiger partial charge in [0, 0.05) is 36.9 Å². The van der Waals surface area contributed by atoms with Gasteiger partial charge in [0.1, 0.15) is 18.2 Å². The van der Waals surface area contributed by atoms with E-state index < -0.39 is 0 Å². The standard InChI is InChI=1S/C16H22ClN3O/c1-3-8-18-14(11-16-19-9-10-20(16)2)12-21-15-6-4-13(17)5-7-15/h4-7,9-10,14,18H,3,8,11-12H2,1-2H3. The molecule has 0 aliphatic carbocycles. The van der Waals surface area contributed by atoms with Crippen molar-refractivity contribution in [3.63, 3.8) is 0 Å². The van der Waals surface area contributed by atoms with Gasteiger partial charge in [-0.05, 0) is 37.2 Å². The molecule has 1 aromatic carbocycles. The molecule has 0 spiro atoms. The molecule has 0 radical (unpaired) electrons. The van der Waals surface area contributed by atoms with Crippen LogP contribution in [0.15, 0.2) is 36.7 Å². The predicted molar refractivity (Wildman–Crippen MR) is 85.9 cm³/mol. The van der Waals surface area contributed by atoms with Crippen molar-refractivity contribution in [3.05, 3.63) is 47.5 Å². The van der Waals surface area contributed by atoms with Crippen LogP contribution in [-0.4, -0.2) is 28.7 Å². The number of aryl methyl sites for hydroxylation is 1. The van der Waals surface area contributed by atoms with Gasteiger partial charge in [-0.15, -0.1) is 0 Å². The fourth-order valence-corrected chi connectivity index (χ4v) is 2.21. The maximum atomic E-state index is 5.88. The molecule has 0 saturated heterocycles. The van der Waals surface area contributed by atoms with Gasteiger partial charge < -0.3 is 14.6 Å². The van der Waals surface area contributed by atoms with Gasteiger partial charge in [0.2, 0.25) is 0 Å². The lowest BCUT2D eigenvalue weighted by molar-refractivity contribution is 0.261. The van der Waals surface area contributed by atoms with Crippen LogP contribution in [0.3, 0.4) is 0 Å². The molecule has 0 bridgehead atoms. The molecule has 0 fully saturated rings. The van der Waals surface area contributed by atoms with Gasteiger partial charge in [-0.1, -0.05) is 18.5 Å². The topological polar surface area (TPSA) is 39.1 Å². The highest BCUT2D eigenvalue weighted by Crippen LogP contribution is 2.16. The summed E-state index contributed by atoms with van der Waals surface area (Å²) in [6, 6.07) is 7.69. The van der Waals surface area contributed by atoms with Crippen molar-refractivity contribution in [2.24, 2.45) is 7.05 Å². The number of hydrogen-bond donors (Lipinski definition) is 1. The van der Waals surface area contributed by atoms with E-state index >= 15 is 0 Å². The van der Waals surface area contributed by atoms with Crippen molar-refractivity contribution in [2.75, 3.05) is 13.2 Å². The number of nitrogens with one attached hydrogen (secondary N) is 1. The number of imidazole rings is 1. The third kappa shape index (κ3) is 5.06. The summed E-state index contributed by atoms with van der Waals surface area (Å²) in [6.07, 6.45) is 5.73. The minimum Gasteiger partial charge on any atom is -0.492 e. The van der Waals surface area contributed by atoms with E-state index in [-0.39, 0.29) is 6.04 Å². The van der Waals surface area contributed by atoms with Crippen LogP contribution in [0.1, 0.15) is 19.2 Å². The minimum absolute atomic E-state index is 0.238.